The van der Waals surface area contributed by atoms with Gasteiger partial charge in [0.1, 0.15) is 0 Å². The van der Waals surface area contributed by atoms with Gasteiger partial charge in [0.15, 0.2) is 0 Å². The topological polar surface area (TPSA) is 106 Å². The summed E-state index contributed by atoms with van der Waals surface area (Å²) in [6.45, 7) is 1.38. The van der Waals surface area contributed by atoms with Crippen molar-refractivity contribution in [3.8, 4) is 11.6 Å². The summed E-state index contributed by atoms with van der Waals surface area (Å²) in [5, 5.41) is 9.68. The molecule has 0 radical (unpaired) electrons. The highest BCUT2D eigenvalue weighted by atomic mass is 16.5. The van der Waals surface area contributed by atoms with E-state index in [1.165, 1.54) is 0 Å². The minimum atomic E-state index is -0.334. The van der Waals surface area contributed by atoms with Crippen LogP contribution >= 0.6 is 0 Å². The Kier molecular flexibility index (Phi) is 3.15. The minimum absolute atomic E-state index is 0.0537. The molecule has 0 spiro atoms. The Balaban J connectivity index is 1.73. The molecular formula is C11H12N6O2. The van der Waals surface area contributed by atoms with Gasteiger partial charge in [0.05, 0.1) is 12.5 Å². The van der Waals surface area contributed by atoms with Gasteiger partial charge in [-0.05, 0) is 6.07 Å². The molecule has 0 bridgehead atoms. The molecule has 1 aliphatic heterocycles. The monoisotopic (exact) mass is 260 g/mol. The van der Waals surface area contributed by atoms with Crippen LogP contribution in [0.3, 0.4) is 0 Å². The molecule has 1 fully saturated rings. The van der Waals surface area contributed by atoms with Gasteiger partial charge < -0.3 is 15.2 Å². The molecule has 0 aliphatic carbocycles. The fourth-order valence-corrected chi connectivity index (χ4v) is 1.83. The first-order chi connectivity index (χ1) is 9.33. The number of nitrogens with zero attached hydrogens (tertiary/aromatic N) is 4. The molecule has 0 aromatic carbocycles. The van der Waals surface area contributed by atoms with Crippen LogP contribution in [0.15, 0.2) is 23.0 Å². The molecule has 8 nitrogen and oxygen atoms in total. The number of piperazine rings is 1. The molecule has 1 unspecified atom stereocenters. The third-order valence-electron chi connectivity index (χ3n) is 2.74. The number of hydrogen-bond donors (Lipinski definition) is 2. The Morgan fingerprint density at radius 3 is 2.89 bits per heavy atom. The molecule has 8 heteroatoms. The maximum absolute atomic E-state index is 11.6. The van der Waals surface area contributed by atoms with E-state index in [1.807, 2.05) is 0 Å². The Morgan fingerprint density at radius 1 is 1.26 bits per heavy atom. The van der Waals surface area contributed by atoms with Crippen LogP contribution in [0.4, 0.5) is 0 Å². The number of rotatable bonds is 3. The number of carbonyl (C=O) groups is 1. The van der Waals surface area contributed by atoms with Crippen molar-refractivity contribution in [2.24, 2.45) is 0 Å². The molecule has 2 aromatic rings. The molecule has 98 valence electrons. The highest BCUT2D eigenvalue weighted by Crippen LogP contribution is 2.10. The van der Waals surface area contributed by atoms with Crippen molar-refractivity contribution < 1.29 is 9.32 Å². The smallest absolute Gasteiger partial charge is 0.240 e. The van der Waals surface area contributed by atoms with Gasteiger partial charge in [-0.15, -0.1) is 0 Å². The van der Waals surface area contributed by atoms with Crippen molar-refractivity contribution in [3.05, 3.63) is 24.4 Å². The molecule has 1 aliphatic rings. The Morgan fingerprint density at radius 2 is 2.11 bits per heavy atom. The van der Waals surface area contributed by atoms with Gasteiger partial charge in [-0.3, -0.25) is 4.79 Å². The van der Waals surface area contributed by atoms with E-state index in [-0.39, 0.29) is 11.9 Å². The van der Waals surface area contributed by atoms with E-state index in [1.54, 1.807) is 18.5 Å². The fraction of sp³-hybridized carbons (Fsp3) is 0.364. The summed E-state index contributed by atoms with van der Waals surface area (Å²) in [6, 6.07) is 1.37. The van der Waals surface area contributed by atoms with Gasteiger partial charge in [0.25, 0.3) is 0 Å². The van der Waals surface area contributed by atoms with Crippen LogP contribution in [0, 0.1) is 0 Å². The quantitative estimate of drug-likeness (QED) is 0.740. The van der Waals surface area contributed by atoms with Crippen LogP contribution in [0.2, 0.25) is 0 Å². The summed E-state index contributed by atoms with van der Waals surface area (Å²) in [4.78, 5) is 23.8. The first-order valence-electron chi connectivity index (χ1n) is 5.94. The largest absolute Gasteiger partial charge is 0.353 e. The van der Waals surface area contributed by atoms with E-state index in [0.717, 1.165) is 6.54 Å². The van der Waals surface area contributed by atoms with E-state index in [0.29, 0.717) is 30.5 Å². The molecule has 2 N–H and O–H groups in total. The van der Waals surface area contributed by atoms with Gasteiger partial charge >= 0.3 is 0 Å². The second-order valence-electron chi connectivity index (χ2n) is 4.09. The summed E-state index contributed by atoms with van der Waals surface area (Å²) in [5.41, 5.74) is 0. The molecule has 1 atom stereocenters. The predicted molar refractivity (Wildman–Crippen MR) is 63.8 cm³/mol. The van der Waals surface area contributed by atoms with E-state index >= 15 is 0 Å². The lowest BCUT2D eigenvalue weighted by molar-refractivity contribution is -0.124. The van der Waals surface area contributed by atoms with E-state index in [4.69, 9.17) is 4.52 Å². The summed E-state index contributed by atoms with van der Waals surface area (Å²) < 4.78 is 5.11. The van der Waals surface area contributed by atoms with Crippen LogP contribution in [0.5, 0.6) is 0 Å². The van der Waals surface area contributed by atoms with E-state index < -0.39 is 0 Å². The molecule has 3 heterocycles. The van der Waals surface area contributed by atoms with Crippen molar-refractivity contribution in [1.82, 2.24) is 30.7 Å². The number of aromatic nitrogens is 4. The van der Waals surface area contributed by atoms with Crippen LogP contribution in [0.25, 0.3) is 11.6 Å². The second-order valence-corrected chi connectivity index (χ2v) is 4.09. The molecule has 0 saturated carbocycles. The first-order valence-corrected chi connectivity index (χ1v) is 5.94. The predicted octanol–water partition coefficient (Wildman–Crippen LogP) is -0.843. The lowest BCUT2D eigenvalue weighted by Crippen LogP contribution is -2.53. The summed E-state index contributed by atoms with van der Waals surface area (Å²) >= 11 is 0. The summed E-state index contributed by atoms with van der Waals surface area (Å²) in [5.74, 6) is 1.06. The van der Waals surface area contributed by atoms with Crippen LogP contribution < -0.4 is 10.6 Å². The normalized spacial score (nSPS) is 19.2. The Bertz CT molecular complexity index is 570. The van der Waals surface area contributed by atoms with E-state index in [9.17, 15) is 4.79 Å². The second kappa shape index (κ2) is 5.11. The minimum Gasteiger partial charge on any atom is -0.353 e. The Labute approximate surface area is 108 Å². The summed E-state index contributed by atoms with van der Waals surface area (Å²) in [7, 11) is 0. The van der Waals surface area contributed by atoms with Crippen molar-refractivity contribution >= 4 is 5.91 Å². The maximum atomic E-state index is 11.6. The lowest BCUT2D eigenvalue weighted by atomic mass is 10.1. The molecular weight excluding hydrogens is 248 g/mol. The molecule has 2 aromatic heterocycles. The van der Waals surface area contributed by atoms with Crippen LogP contribution in [-0.4, -0.2) is 45.1 Å². The Hall–Kier alpha value is -2.35. The average Bonchev–Trinajstić information content (AvgIpc) is 2.91. The SMILES string of the molecule is O=C1NCCNC1Cc1nc(-c2ncccn2)no1. The van der Waals surface area contributed by atoms with Gasteiger partial charge in [-0.1, -0.05) is 5.16 Å². The number of amides is 1. The molecule has 3 rings (SSSR count). The number of carbonyl (C=O) groups excluding carboxylic acids is 1. The molecule has 1 amide bonds. The van der Waals surface area contributed by atoms with Crippen molar-refractivity contribution in [1.29, 1.82) is 0 Å². The highest BCUT2D eigenvalue weighted by Gasteiger charge is 2.24. The van der Waals surface area contributed by atoms with E-state index in [2.05, 4.69) is 30.7 Å². The van der Waals surface area contributed by atoms with Gasteiger partial charge in [0, 0.05) is 25.5 Å². The lowest BCUT2D eigenvalue weighted by Gasteiger charge is -2.21. The van der Waals surface area contributed by atoms with Crippen LogP contribution in [-0.2, 0) is 11.2 Å². The standard InChI is InChI=1S/C11H12N6O2/c18-11-7(12-4-5-15-11)6-8-16-10(17-19-8)9-13-2-1-3-14-9/h1-3,7,12H,4-6H2,(H,15,18). The molecule has 19 heavy (non-hydrogen) atoms. The van der Waals surface area contributed by atoms with Gasteiger partial charge in [-0.25, -0.2) is 9.97 Å². The average molecular weight is 260 g/mol. The zero-order chi connectivity index (χ0) is 13.1. The number of hydrogen-bond acceptors (Lipinski definition) is 7. The number of nitrogens with one attached hydrogen (secondary N) is 2. The maximum Gasteiger partial charge on any atom is 0.240 e. The van der Waals surface area contributed by atoms with Crippen LogP contribution in [0.1, 0.15) is 5.89 Å². The highest BCUT2D eigenvalue weighted by molar-refractivity contribution is 5.82. The van der Waals surface area contributed by atoms with Crippen molar-refractivity contribution in [2.75, 3.05) is 13.1 Å². The fourth-order valence-electron chi connectivity index (χ4n) is 1.83. The van der Waals surface area contributed by atoms with Crippen molar-refractivity contribution in [2.45, 2.75) is 12.5 Å². The van der Waals surface area contributed by atoms with Crippen molar-refractivity contribution in [3.63, 3.8) is 0 Å². The third-order valence-corrected chi connectivity index (χ3v) is 2.74. The zero-order valence-corrected chi connectivity index (χ0v) is 10.0. The third kappa shape index (κ3) is 2.58. The van der Waals surface area contributed by atoms with Gasteiger partial charge in [0.2, 0.25) is 23.4 Å². The molecule has 1 saturated heterocycles. The summed E-state index contributed by atoms with van der Waals surface area (Å²) in [6.07, 6.45) is 3.56. The zero-order valence-electron chi connectivity index (χ0n) is 10.0. The first kappa shape index (κ1) is 11.7. The van der Waals surface area contributed by atoms with Gasteiger partial charge in [-0.2, -0.15) is 4.98 Å².